The van der Waals surface area contributed by atoms with Gasteiger partial charge in [0.05, 0.1) is 6.10 Å². The van der Waals surface area contributed by atoms with Crippen LogP contribution in [-0.2, 0) is 11.3 Å². The van der Waals surface area contributed by atoms with Crippen molar-refractivity contribution >= 4 is 5.96 Å². The summed E-state index contributed by atoms with van der Waals surface area (Å²) in [4.78, 5) is 6.39. The molecular formula is C23H29F2N3O2. The summed E-state index contributed by atoms with van der Waals surface area (Å²) >= 11 is 0. The Morgan fingerprint density at radius 3 is 2.60 bits per heavy atom. The lowest BCUT2D eigenvalue weighted by Crippen LogP contribution is -2.42. The molecule has 2 aromatic rings. The van der Waals surface area contributed by atoms with E-state index in [-0.39, 0.29) is 11.9 Å². The third-order valence-corrected chi connectivity index (χ3v) is 5.24. The highest BCUT2D eigenvalue weighted by molar-refractivity contribution is 5.79. The summed E-state index contributed by atoms with van der Waals surface area (Å²) in [6, 6.07) is 17.0. The summed E-state index contributed by atoms with van der Waals surface area (Å²) in [6.45, 7) is -0.670. The number of hydrogen-bond acceptors (Lipinski definition) is 3. The zero-order valence-corrected chi connectivity index (χ0v) is 17.4. The van der Waals surface area contributed by atoms with Gasteiger partial charge in [-0.2, -0.15) is 8.78 Å². The van der Waals surface area contributed by atoms with Gasteiger partial charge in [-0.05, 0) is 36.1 Å². The summed E-state index contributed by atoms with van der Waals surface area (Å²) < 4.78 is 35.1. The third kappa shape index (κ3) is 6.16. The van der Waals surface area contributed by atoms with Gasteiger partial charge < -0.3 is 19.7 Å². The number of aliphatic imine (C=N–C) groups is 1. The molecule has 1 heterocycles. The minimum absolute atomic E-state index is 0.0817. The number of nitrogens with one attached hydrogen (secondary N) is 1. The number of alkyl halides is 2. The number of benzene rings is 2. The summed E-state index contributed by atoms with van der Waals surface area (Å²) in [6.07, 6.45) is 2.23. The smallest absolute Gasteiger partial charge is 0.387 e. The largest absolute Gasteiger partial charge is 0.435 e. The fourth-order valence-electron chi connectivity index (χ4n) is 3.80. The zero-order chi connectivity index (χ0) is 21.3. The monoisotopic (exact) mass is 417 g/mol. The van der Waals surface area contributed by atoms with Crippen molar-refractivity contribution in [3.63, 3.8) is 0 Å². The maximum Gasteiger partial charge on any atom is 0.387 e. The molecule has 0 spiro atoms. The summed E-state index contributed by atoms with van der Waals surface area (Å²) in [5.74, 6) is 1.29. The van der Waals surface area contributed by atoms with Crippen molar-refractivity contribution in [1.29, 1.82) is 0 Å². The van der Waals surface area contributed by atoms with Crippen LogP contribution in [0.25, 0.3) is 0 Å². The topological polar surface area (TPSA) is 46.1 Å². The van der Waals surface area contributed by atoms with E-state index in [0.29, 0.717) is 12.5 Å². The van der Waals surface area contributed by atoms with Gasteiger partial charge in [-0.25, -0.2) is 0 Å². The summed E-state index contributed by atoms with van der Waals surface area (Å²) in [5, 5.41) is 3.47. The molecule has 1 saturated heterocycles. The molecule has 0 amide bonds. The van der Waals surface area contributed by atoms with Crippen LogP contribution in [0.1, 0.15) is 30.1 Å². The second-order valence-corrected chi connectivity index (χ2v) is 7.41. The Kier molecular flexibility index (Phi) is 8.02. The van der Waals surface area contributed by atoms with Crippen molar-refractivity contribution in [2.75, 3.05) is 27.2 Å². The second-order valence-electron chi connectivity index (χ2n) is 7.41. The Morgan fingerprint density at radius 1 is 1.20 bits per heavy atom. The molecule has 0 radical (unpaired) electrons. The first-order valence-electron chi connectivity index (χ1n) is 10.2. The van der Waals surface area contributed by atoms with Crippen LogP contribution in [0.15, 0.2) is 59.6 Å². The molecule has 0 aliphatic carbocycles. The van der Waals surface area contributed by atoms with Crippen LogP contribution in [0.4, 0.5) is 8.78 Å². The van der Waals surface area contributed by atoms with Gasteiger partial charge in [0, 0.05) is 39.7 Å². The first kappa shape index (κ1) is 22.0. The molecule has 3 rings (SSSR count). The van der Waals surface area contributed by atoms with E-state index in [1.165, 1.54) is 5.56 Å². The van der Waals surface area contributed by atoms with Crippen molar-refractivity contribution < 1.29 is 18.3 Å². The van der Waals surface area contributed by atoms with Crippen LogP contribution in [0.3, 0.4) is 0 Å². The Bertz CT molecular complexity index is 800. The first-order valence-corrected chi connectivity index (χ1v) is 10.2. The van der Waals surface area contributed by atoms with E-state index in [1.807, 2.05) is 30.1 Å². The van der Waals surface area contributed by atoms with Gasteiger partial charge in [0.15, 0.2) is 5.96 Å². The van der Waals surface area contributed by atoms with Crippen LogP contribution in [0, 0.1) is 5.92 Å². The van der Waals surface area contributed by atoms with E-state index in [0.717, 1.165) is 37.5 Å². The number of guanidine groups is 1. The van der Waals surface area contributed by atoms with Crippen molar-refractivity contribution in [3.8, 4) is 5.75 Å². The van der Waals surface area contributed by atoms with E-state index >= 15 is 0 Å². The van der Waals surface area contributed by atoms with Crippen LogP contribution in [-0.4, -0.2) is 44.7 Å². The van der Waals surface area contributed by atoms with Gasteiger partial charge in [0.2, 0.25) is 0 Å². The van der Waals surface area contributed by atoms with E-state index in [9.17, 15) is 8.78 Å². The first-order chi connectivity index (χ1) is 14.6. The van der Waals surface area contributed by atoms with Gasteiger partial charge in [0.1, 0.15) is 5.75 Å². The highest BCUT2D eigenvalue weighted by atomic mass is 19.3. The molecule has 1 fully saturated rings. The molecule has 1 aliphatic rings. The van der Waals surface area contributed by atoms with Crippen molar-refractivity contribution in [3.05, 3.63) is 65.7 Å². The quantitative estimate of drug-likeness (QED) is 0.534. The standard InChI is InChI=1S/C23H29F2N3O2/c1-26-23(28(2)16-17-10-12-20(13-11-17)30-22(24)25)27-15-19-9-6-14-29-21(19)18-7-4-3-5-8-18/h3-5,7-8,10-13,19,21-22H,6,9,14-16H2,1-2H3,(H,26,27). The molecule has 2 aromatic carbocycles. The Labute approximate surface area is 176 Å². The van der Waals surface area contributed by atoms with Crippen molar-refractivity contribution in [2.45, 2.75) is 32.1 Å². The fraction of sp³-hybridized carbons (Fsp3) is 0.435. The number of halogens is 2. The molecule has 1 N–H and O–H groups in total. The Morgan fingerprint density at radius 2 is 1.93 bits per heavy atom. The van der Waals surface area contributed by atoms with Crippen LogP contribution < -0.4 is 10.1 Å². The molecule has 30 heavy (non-hydrogen) atoms. The van der Waals surface area contributed by atoms with Gasteiger partial charge in [-0.15, -0.1) is 0 Å². The molecule has 2 unspecified atom stereocenters. The number of ether oxygens (including phenoxy) is 2. The third-order valence-electron chi connectivity index (χ3n) is 5.24. The molecule has 1 aliphatic heterocycles. The van der Waals surface area contributed by atoms with Crippen LogP contribution in [0.5, 0.6) is 5.75 Å². The molecule has 162 valence electrons. The van der Waals surface area contributed by atoms with E-state index in [2.05, 4.69) is 27.2 Å². The summed E-state index contributed by atoms with van der Waals surface area (Å²) in [7, 11) is 3.70. The molecular weight excluding hydrogens is 388 g/mol. The molecule has 0 saturated carbocycles. The second kappa shape index (κ2) is 10.9. The Hall–Kier alpha value is -2.67. The molecule has 2 atom stereocenters. The molecule has 0 aromatic heterocycles. The lowest BCUT2D eigenvalue weighted by Gasteiger charge is -2.33. The number of nitrogens with zero attached hydrogens (tertiary/aromatic N) is 2. The lowest BCUT2D eigenvalue weighted by atomic mass is 9.89. The van der Waals surface area contributed by atoms with E-state index < -0.39 is 6.61 Å². The minimum Gasteiger partial charge on any atom is -0.435 e. The molecule has 7 heteroatoms. The van der Waals surface area contributed by atoms with Crippen molar-refractivity contribution in [2.24, 2.45) is 10.9 Å². The predicted molar refractivity (Wildman–Crippen MR) is 114 cm³/mol. The number of rotatable bonds is 7. The minimum atomic E-state index is -2.81. The van der Waals surface area contributed by atoms with Gasteiger partial charge >= 0.3 is 6.61 Å². The molecule has 5 nitrogen and oxygen atoms in total. The zero-order valence-electron chi connectivity index (χ0n) is 17.4. The SMILES string of the molecule is CN=C(NCC1CCCOC1c1ccccc1)N(C)Cc1ccc(OC(F)F)cc1. The van der Waals surface area contributed by atoms with E-state index in [4.69, 9.17) is 4.74 Å². The van der Waals surface area contributed by atoms with E-state index in [1.54, 1.807) is 31.3 Å². The number of hydrogen-bond donors (Lipinski definition) is 1. The fourth-order valence-corrected chi connectivity index (χ4v) is 3.80. The Balaban J connectivity index is 1.56. The van der Waals surface area contributed by atoms with Crippen LogP contribution in [0.2, 0.25) is 0 Å². The highest BCUT2D eigenvalue weighted by Crippen LogP contribution is 2.33. The average Bonchev–Trinajstić information content (AvgIpc) is 2.76. The lowest BCUT2D eigenvalue weighted by molar-refractivity contribution is -0.0498. The molecule has 0 bridgehead atoms. The van der Waals surface area contributed by atoms with Gasteiger partial charge in [-0.3, -0.25) is 4.99 Å². The van der Waals surface area contributed by atoms with Gasteiger partial charge in [-0.1, -0.05) is 42.5 Å². The van der Waals surface area contributed by atoms with Gasteiger partial charge in [0.25, 0.3) is 0 Å². The average molecular weight is 418 g/mol. The maximum atomic E-state index is 12.3. The van der Waals surface area contributed by atoms with Crippen molar-refractivity contribution in [1.82, 2.24) is 10.2 Å². The normalized spacial score (nSPS) is 19.6. The van der Waals surface area contributed by atoms with Crippen LogP contribution >= 0.6 is 0 Å². The highest BCUT2D eigenvalue weighted by Gasteiger charge is 2.27. The predicted octanol–water partition coefficient (Wildman–Crippen LogP) is 4.46. The summed E-state index contributed by atoms with van der Waals surface area (Å²) in [5.41, 5.74) is 2.18. The maximum absolute atomic E-state index is 12.3.